The van der Waals surface area contributed by atoms with Crippen LogP contribution in [0.25, 0.3) is 0 Å². The Morgan fingerprint density at radius 3 is 2.62 bits per heavy atom. The number of hydrogen-bond acceptors (Lipinski definition) is 5. The Labute approximate surface area is 197 Å². The van der Waals surface area contributed by atoms with E-state index in [0.717, 1.165) is 10.5 Å². The highest BCUT2D eigenvalue weighted by atomic mass is 32.1. The molecule has 178 valence electrons. The van der Waals surface area contributed by atoms with E-state index in [1.807, 2.05) is 0 Å². The Morgan fingerprint density at radius 1 is 1.29 bits per heavy atom. The van der Waals surface area contributed by atoms with E-state index in [1.54, 1.807) is 18.2 Å². The Balaban J connectivity index is 1.78. The number of anilines is 2. The number of carbonyl (C=O) groups excluding carboxylic acids is 1. The molecule has 0 aromatic heterocycles. The second-order valence-corrected chi connectivity index (χ2v) is 8.89. The van der Waals surface area contributed by atoms with Gasteiger partial charge in [-0.15, -0.1) is 0 Å². The highest BCUT2D eigenvalue weighted by molar-refractivity contribution is 7.81. The van der Waals surface area contributed by atoms with E-state index in [-0.39, 0.29) is 17.8 Å². The van der Waals surface area contributed by atoms with Gasteiger partial charge in [-0.25, -0.2) is 4.39 Å². The number of halogens is 4. The standard InChI is InChI=1S/C23H19F4N3O3S/c1-22(2)20(32)29(18-9-16(23(25,26)27)13(10-28)8-17(18)24)21(34)30(22)14-4-6-19-12(7-14)3-5-15(11-31)33-19/h4,6-9,15,31H,3,5,11H2,1-2H3. The third-order valence-electron chi connectivity index (χ3n) is 5.96. The number of aliphatic hydroxyl groups excluding tert-OH is 1. The Hall–Kier alpha value is -3.23. The average Bonchev–Trinajstić information content (AvgIpc) is 2.95. The number of nitrogens with zero attached hydrogens (tertiary/aromatic N) is 3. The molecule has 0 aliphatic carbocycles. The lowest BCUT2D eigenvalue weighted by Gasteiger charge is -2.31. The summed E-state index contributed by atoms with van der Waals surface area (Å²) in [6, 6.07) is 7.29. The molecular weight excluding hydrogens is 474 g/mol. The van der Waals surface area contributed by atoms with E-state index in [1.165, 1.54) is 24.8 Å². The van der Waals surface area contributed by atoms with E-state index >= 15 is 0 Å². The molecule has 1 unspecified atom stereocenters. The van der Waals surface area contributed by atoms with Crippen molar-refractivity contribution in [2.24, 2.45) is 0 Å². The van der Waals surface area contributed by atoms with Crippen LogP contribution in [0.5, 0.6) is 5.75 Å². The molecule has 1 N–H and O–H groups in total. The van der Waals surface area contributed by atoms with Gasteiger partial charge in [-0.1, -0.05) is 0 Å². The number of aryl methyl sites for hydroxylation is 1. The molecule has 0 saturated carbocycles. The van der Waals surface area contributed by atoms with Gasteiger partial charge in [-0.2, -0.15) is 18.4 Å². The van der Waals surface area contributed by atoms with Gasteiger partial charge in [0.2, 0.25) is 0 Å². The summed E-state index contributed by atoms with van der Waals surface area (Å²) in [5.41, 5.74) is -2.96. The number of alkyl halides is 3. The van der Waals surface area contributed by atoms with Gasteiger partial charge in [-0.3, -0.25) is 9.69 Å². The number of benzene rings is 2. The minimum Gasteiger partial charge on any atom is -0.488 e. The quantitative estimate of drug-likeness (QED) is 0.507. The maximum atomic E-state index is 14.9. The lowest BCUT2D eigenvalue weighted by molar-refractivity contribution is -0.137. The summed E-state index contributed by atoms with van der Waals surface area (Å²) in [6.45, 7) is 2.95. The third kappa shape index (κ3) is 3.76. The fraction of sp³-hybridized carbons (Fsp3) is 0.348. The van der Waals surface area contributed by atoms with Gasteiger partial charge in [-0.05, 0) is 74.8 Å². The average molecular weight is 493 g/mol. The van der Waals surface area contributed by atoms with Gasteiger partial charge in [0.25, 0.3) is 5.91 Å². The number of aliphatic hydroxyl groups is 1. The molecule has 6 nitrogen and oxygen atoms in total. The normalized spacial score (nSPS) is 19.6. The fourth-order valence-corrected chi connectivity index (χ4v) is 4.71. The molecule has 1 atom stereocenters. The van der Waals surface area contributed by atoms with Crippen molar-refractivity contribution in [1.82, 2.24) is 0 Å². The molecule has 2 aliphatic heterocycles. The zero-order valence-corrected chi connectivity index (χ0v) is 18.9. The fourth-order valence-electron chi connectivity index (χ4n) is 4.20. The van der Waals surface area contributed by atoms with Crippen LogP contribution in [-0.4, -0.2) is 34.4 Å². The number of carbonyl (C=O) groups is 1. The SMILES string of the molecule is CC1(C)C(=O)N(c2cc(C(F)(F)F)c(C#N)cc2F)C(=S)N1c1ccc2c(c1)CCC(CO)O2. The molecular formula is C23H19F4N3O3S. The summed E-state index contributed by atoms with van der Waals surface area (Å²) in [7, 11) is 0. The summed E-state index contributed by atoms with van der Waals surface area (Å²) >= 11 is 5.46. The molecule has 2 aromatic rings. The number of nitriles is 1. The Bertz CT molecular complexity index is 1240. The molecule has 0 radical (unpaired) electrons. The van der Waals surface area contributed by atoms with E-state index < -0.39 is 40.3 Å². The lowest BCUT2D eigenvalue weighted by Crippen LogP contribution is -2.44. The minimum absolute atomic E-state index is 0.121. The second-order valence-electron chi connectivity index (χ2n) is 8.53. The van der Waals surface area contributed by atoms with Crippen LogP contribution in [0, 0.1) is 17.1 Å². The Morgan fingerprint density at radius 2 is 2.00 bits per heavy atom. The zero-order valence-electron chi connectivity index (χ0n) is 18.1. The zero-order chi connectivity index (χ0) is 25.0. The van der Waals surface area contributed by atoms with Crippen LogP contribution in [0.2, 0.25) is 0 Å². The first kappa shape index (κ1) is 23.9. The van der Waals surface area contributed by atoms with Crippen LogP contribution in [0.3, 0.4) is 0 Å². The van der Waals surface area contributed by atoms with Crippen LogP contribution in [-0.2, 0) is 17.4 Å². The number of rotatable bonds is 3. The maximum absolute atomic E-state index is 14.9. The predicted octanol–water partition coefficient (Wildman–Crippen LogP) is 4.32. The van der Waals surface area contributed by atoms with Gasteiger partial charge >= 0.3 is 6.18 Å². The van der Waals surface area contributed by atoms with Crippen molar-refractivity contribution < 1.29 is 32.2 Å². The first-order valence-corrected chi connectivity index (χ1v) is 10.7. The first-order valence-electron chi connectivity index (χ1n) is 10.3. The number of fused-ring (bicyclic) bond motifs is 1. The molecule has 1 saturated heterocycles. The molecule has 34 heavy (non-hydrogen) atoms. The molecule has 0 spiro atoms. The van der Waals surface area contributed by atoms with Gasteiger partial charge in [0.15, 0.2) is 5.11 Å². The highest BCUT2D eigenvalue weighted by Gasteiger charge is 2.51. The summed E-state index contributed by atoms with van der Waals surface area (Å²) in [4.78, 5) is 15.5. The largest absolute Gasteiger partial charge is 0.488 e. The smallest absolute Gasteiger partial charge is 0.417 e. The van der Waals surface area contributed by atoms with Gasteiger partial charge in [0.05, 0.1) is 29.5 Å². The topological polar surface area (TPSA) is 76.8 Å². The number of amides is 1. The maximum Gasteiger partial charge on any atom is 0.417 e. The number of thiocarbonyl (C=S) groups is 1. The molecule has 4 rings (SSSR count). The van der Waals surface area contributed by atoms with Crippen molar-refractivity contribution in [1.29, 1.82) is 5.26 Å². The van der Waals surface area contributed by atoms with E-state index in [0.29, 0.717) is 36.4 Å². The lowest BCUT2D eigenvalue weighted by atomic mass is 9.99. The van der Waals surface area contributed by atoms with Crippen molar-refractivity contribution in [3.05, 3.63) is 52.8 Å². The van der Waals surface area contributed by atoms with E-state index in [4.69, 9.17) is 22.2 Å². The molecule has 1 fully saturated rings. The van der Waals surface area contributed by atoms with Crippen LogP contribution in [0.15, 0.2) is 30.3 Å². The molecule has 2 heterocycles. The summed E-state index contributed by atoms with van der Waals surface area (Å²) in [6.07, 6.45) is -4.06. The van der Waals surface area contributed by atoms with Crippen molar-refractivity contribution >= 4 is 34.6 Å². The van der Waals surface area contributed by atoms with Gasteiger partial charge in [0, 0.05) is 5.69 Å². The first-order chi connectivity index (χ1) is 15.9. The van der Waals surface area contributed by atoms with E-state index in [2.05, 4.69) is 0 Å². The molecule has 2 aliphatic rings. The minimum atomic E-state index is -4.93. The van der Waals surface area contributed by atoms with Crippen LogP contribution in [0.1, 0.15) is 37.0 Å². The van der Waals surface area contributed by atoms with Crippen LogP contribution >= 0.6 is 12.2 Å². The number of hydrogen-bond donors (Lipinski definition) is 1. The third-order valence-corrected chi connectivity index (χ3v) is 6.32. The van der Waals surface area contributed by atoms with E-state index in [9.17, 15) is 27.5 Å². The van der Waals surface area contributed by atoms with Gasteiger partial charge in [0.1, 0.15) is 23.2 Å². The van der Waals surface area contributed by atoms with Crippen molar-refractivity contribution in [2.75, 3.05) is 16.4 Å². The monoisotopic (exact) mass is 493 g/mol. The van der Waals surface area contributed by atoms with Crippen molar-refractivity contribution in [3.63, 3.8) is 0 Å². The van der Waals surface area contributed by atoms with Crippen molar-refractivity contribution in [3.8, 4) is 11.8 Å². The molecule has 1 amide bonds. The second kappa shape index (κ2) is 8.21. The molecule has 11 heteroatoms. The van der Waals surface area contributed by atoms with Crippen LogP contribution in [0.4, 0.5) is 28.9 Å². The molecule has 2 aromatic carbocycles. The summed E-state index contributed by atoms with van der Waals surface area (Å²) in [5, 5.41) is 18.1. The number of ether oxygens (including phenoxy) is 1. The van der Waals surface area contributed by atoms with Crippen molar-refractivity contribution in [2.45, 2.75) is 44.5 Å². The predicted molar refractivity (Wildman–Crippen MR) is 119 cm³/mol. The van der Waals surface area contributed by atoms with Gasteiger partial charge < -0.3 is 14.7 Å². The molecule has 0 bridgehead atoms. The summed E-state index contributed by atoms with van der Waals surface area (Å²) < 4.78 is 61.0. The highest BCUT2D eigenvalue weighted by Crippen LogP contribution is 2.42. The summed E-state index contributed by atoms with van der Waals surface area (Å²) in [5.74, 6) is -1.32. The van der Waals surface area contributed by atoms with Crippen LogP contribution < -0.4 is 14.5 Å². The Kier molecular flexibility index (Phi) is 5.78.